The molecule has 0 amide bonds. The van der Waals surface area contributed by atoms with E-state index >= 15 is 0 Å². The number of unbranched alkanes of at least 4 members (excludes halogenated alkanes) is 1. The molecule has 2 N–H and O–H groups in total. The summed E-state index contributed by atoms with van der Waals surface area (Å²) in [6, 6.07) is 5.57. The van der Waals surface area contributed by atoms with Gasteiger partial charge in [0.2, 0.25) is 0 Å². The average molecular weight is 273 g/mol. The van der Waals surface area contributed by atoms with Crippen molar-refractivity contribution in [3.63, 3.8) is 0 Å². The summed E-state index contributed by atoms with van der Waals surface area (Å²) in [5.74, 6) is -0.457. The Balaban J connectivity index is 2.62. The molecule has 1 aromatic rings. The monoisotopic (exact) mass is 273 g/mol. The van der Waals surface area contributed by atoms with E-state index in [0.29, 0.717) is 12.2 Å². The quantitative estimate of drug-likeness (QED) is 0.469. The van der Waals surface area contributed by atoms with Crippen LogP contribution < -0.4 is 4.72 Å². The summed E-state index contributed by atoms with van der Waals surface area (Å²) in [6.45, 7) is 2.35. The lowest BCUT2D eigenvalue weighted by atomic mass is 10.2. The molecular weight excluding hydrogens is 258 g/mol. The van der Waals surface area contributed by atoms with E-state index in [4.69, 9.17) is 9.29 Å². The zero-order valence-electron chi connectivity index (χ0n) is 9.92. The molecule has 0 aliphatic rings. The molecule has 0 aromatic heterocycles. The van der Waals surface area contributed by atoms with Crippen LogP contribution in [0.3, 0.4) is 0 Å². The highest BCUT2D eigenvalue weighted by Gasteiger charge is 2.08. The molecule has 0 atom stereocenters. The first-order valence-corrected chi connectivity index (χ1v) is 6.89. The van der Waals surface area contributed by atoms with Crippen LogP contribution in [-0.4, -0.2) is 25.5 Å². The number of benzene rings is 1. The van der Waals surface area contributed by atoms with Crippen LogP contribution in [0.1, 0.15) is 30.1 Å². The van der Waals surface area contributed by atoms with Gasteiger partial charge in [-0.05, 0) is 30.7 Å². The Morgan fingerprint density at radius 2 is 1.94 bits per heavy atom. The highest BCUT2D eigenvalue weighted by molar-refractivity contribution is 7.87. The van der Waals surface area contributed by atoms with Crippen molar-refractivity contribution < 1.29 is 22.5 Å². The highest BCUT2D eigenvalue weighted by atomic mass is 32.2. The molecule has 0 radical (unpaired) electrons. The summed E-state index contributed by atoms with van der Waals surface area (Å²) in [5, 5.41) is 0. The van der Waals surface area contributed by atoms with Gasteiger partial charge < -0.3 is 4.74 Å². The zero-order chi connectivity index (χ0) is 13.6. The minimum Gasteiger partial charge on any atom is -0.462 e. The van der Waals surface area contributed by atoms with Crippen molar-refractivity contribution in [2.45, 2.75) is 19.8 Å². The van der Waals surface area contributed by atoms with Crippen LogP contribution in [0.4, 0.5) is 5.69 Å². The van der Waals surface area contributed by atoms with Crippen LogP contribution in [0.5, 0.6) is 0 Å². The molecule has 100 valence electrons. The third kappa shape index (κ3) is 5.15. The molecule has 18 heavy (non-hydrogen) atoms. The molecule has 1 aromatic carbocycles. The van der Waals surface area contributed by atoms with Crippen LogP contribution in [0, 0.1) is 0 Å². The Hall–Kier alpha value is -1.60. The molecule has 0 spiro atoms. The van der Waals surface area contributed by atoms with E-state index in [1.807, 2.05) is 11.6 Å². The van der Waals surface area contributed by atoms with E-state index in [1.54, 1.807) is 0 Å². The van der Waals surface area contributed by atoms with Crippen LogP contribution in [0.2, 0.25) is 0 Å². The molecular formula is C11H15NO5S. The Morgan fingerprint density at radius 1 is 1.33 bits per heavy atom. The SMILES string of the molecule is CCCCOC(=O)c1ccc(NS(=O)(=O)O)cc1. The van der Waals surface area contributed by atoms with Crippen LogP contribution in [0.15, 0.2) is 24.3 Å². The average Bonchev–Trinajstić information content (AvgIpc) is 2.28. The number of carbonyl (C=O) groups excluding carboxylic acids is 1. The third-order valence-electron chi connectivity index (χ3n) is 2.10. The second-order valence-corrected chi connectivity index (χ2v) is 4.80. The molecule has 0 aliphatic heterocycles. The van der Waals surface area contributed by atoms with Gasteiger partial charge in [0.1, 0.15) is 0 Å². The van der Waals surface area contributed by atoms with Gasteiger partial charge in [0.15, 0.2) is 0 Å². The minimum absolute atomic E-state index is 0.169. The topological polar surface area (TPSA) is 92.7 Å². The van der Waals surface area contributed by atoms with Crippen molar-refractivity contribution in [2.24, 2.45) is 0 Å². The third-order valence-corrected chi connectivity index (χ3v) is 2.59. The predicted octanol–water partition coefficient (Wildman–Crippen LogP) is 1.86. The van der Waals surface area contributed by atoms with Gasteiger partial charge in [-0.2, -0.15) is 8.42 Å². The number of carbonyl (C=O) groups is 1. The Labute approximate surface area is 106 Å². The van der Waals surface area contributed by atoms with Crippen molar-refractivity contribution in [3.8, 4) is 0 Å². The van der Waals surface area contributed by atoms with Crippen molar-refractivity contribution in [1.29, 1.82) is 0 Å². The lowest BCUT2D eigenvalue weighted by Crippen LogP contribution is -2.11. The predicted molar refractivity (Wildman–Crippen MR) is 66.8 cm³/mol. The Kier molecular flexibility index (Phi) is 5.11. The van der Waals surface area contributed by atoms with E-state index in [1.165, 1.54) is 24.3 Å². The number of ether oxygens (including phenoxy) is 1. The van der Waals surface area contributed by atoms with E-state index in [-0.39, 0.29) is 5.69 Å². The van der Waals surface area contributed by atoms with E-state index in [9.17, 15) is 13.2 Å². The number of nitrogens with one attached hydrogen (secondary N) is 1. The van der Waals surface area contributed by atoms with E-state index < -0.39 is 16.3 Å². The van der Waals surface area contributed by atoms with Gasteiger partial charge >= 0.3 is 16.3 Å². The molecule has 0 saturated heterocycles. The van der Waals surface area contributed by atoms with Crippen molar-refractivity contribution in [2.75, 3.05) is 11.3 Å². The number of esters is 1. The largest absolute Gasteiger partial charge is 0.462 e. The van der Waals surface area contributed by atoms with E-state index in [0.717, 1.165) is 12.8 Å². The molecule has 6 nitrogen and oxygen atoms in total. The molecule has 0 aliphatic carbocycles. The summed E-state index contributed by atoms with van der Waals surface area (Å²) < 4.78 is 36.5. The van der Waals surface area contributed by atoms with Crippen LogP contribution in [0.25, 0.3) is 0 Å². The Morgan fingerprint density at radius 3 is 2.44 bits per heavy atom. The molecule has 7 heteroatoms. The maximum Gasteiger partial charge on any atom is 0.357 e. The van der Waals surface area contributed by atoms with E-state index in [2.05, 4.69) is 0 Å². The molecule has 0 bridgehead atoms. The number of anilines is 1. The van der Waals surface area contributed by atoms with Crippen molar-refractivity contribution >= 4 is 22.0 Å². The summed E-state index contributed by atoms with van der Waals surface area (Å²) >= 11 is 0. The first kappa shape index (κ1) is 14.5. The fraction of sp³-hybridized carbons (Fsp3) is 0.364. The van der Waals surface area contributed by atoms with Gasteiger partial charge in [-0.3, -0.25) is 9.27 Å². The standard InChI is InChI=1S/C11H15NO5S/c1-2-3-8-17-11(13)9-4-6-10(7-5-9)12-18(14,15)16/h4-7,12H,2-3,8H2,1H3,(H,14,15,16). The van der Waals surface area contributed by atoms with Gasteiger partial charge in [-0.25, -0.2) is 4.79 Å². The number of hydrogen-bond acceptors (Lipinski definition) is 4. The Bertz CT molecular complexity index is 495. The molecule has 0 fully saturated rings. The second kappa shape index (κ2) is 6.36. The molecule has 0 saturated carbocycles. The van der Waals surface area contributed by atoms with Crippen LogP contribution >= 0.6 is 0 Å². The maximum absolute atomic E-state index is 11.5. The first-order chi connectivity index (χ1) is 8.42. The molecule has 1 rings (SSSR count). The van der Waals surface area contributed by atoms with Gasteiger partial charge in [0.25, 0.3) is 0 Å². The highest BCUT2D eigenvalue weighted by Crippen LogP contribution is 2.11. The summed E-state index contributed by atoms with van der Waals surface area (Å²) in [7, 11) is -4.29. The molecule has 0 unspecified atom stereocenters. The lowest BCUT2D eigenvalue weighted by Gasteiger charge is -2.05. The van der Waals surface area contributed by atoms with Gasteiger partial charge in [0.05, 0.1) is 17.9 Å². The van der Waals surface area contributed by atoms with Gasteiger partial charge in [-0.15, -0.1) is 0 Å². The first-order valence-electron chi connectivity index (χ1n) is 5.45. The summed E-state index contributed by atoms with van der Waals surface area (Å²) in [6.07, 6.45) is 1.73. The fourth-order valence-corrected chi connectivity index (χ4v) is 1.65. The lowest BCUT2D eigenvalue weighted by molar-refractivity contribution is 0.0500. The number of rotatable bonds is 6. The van der Waals surface area contributed by atoms with Gasteiger partial charge in [0, 0.05) is 0 Å². The summed E-state index contributed by atoms with van der Waals surface area (Å²) in [5.41, 5.74) is 0.495. The zero-order valence-corrected chi connectivity index (χ0v) is 10.7. The van der Waals surface area contributed by atoms with Gasteiger partial charge in [-0.1, -0.05) is 13.3 Å². The normalized spacial score (nSPS) is 11.0. The number of hydrogen-bond donors (Lipinski definition) is 2. The van der Waals surface area contributed by atoms with Crippen molar-refractivity contribution in [3.05, 3.63) is 29.8 Å². The molecule has 0 heterocycles. The summed E-state index contributed by atoms with van der Waals surface area (Å²) in [4.78, 5) is 11.5. The fourth-order valence-electron chi connectivity index (χ4n) is 1.22. The van der Waals surface area contributed by atoms with Crippen LogP contribution in [-0.2, 0) is 15.0 Å². The second-order valence-electron chi connectivity index (χ2n) is 3.64. The minimum atomic E-state index is -4.29. The smallest absolute Gasteiger partial charge is 0.357 e. The van der Waals surface area contributed by atoms with Crippen molar-refractivity contribution in [1.82, 2.24) is 0 Å². The maximum atomic E-state index is 11.5.